The van der Waals surface area contributed by atoms with Crippen LogP contribution < -0.4 is 10.6 Å². The number of rotatable bonds is 4. The molecule has 2 aromatic rings. The quantitative estimate of drug-likeness (QED) is 0.908. The zero-order chi connectivity index (χ0) is 14.7. The molecule has 2 N–H and O–H groups in total. The van der Waals surface area contributed by atoms with Crippen molar-refractivity contribution in [2.75, 3.05) is 12.4 Å². The van der Waals surface area contributed by atoms with E-state index in [0.29, 0.717) is 27.9 Å². The number of aromatic nitrogens is 1. The van der Waals surface area contributed by atoms with Crippen molar-refractivity contribution in [2.24, 2.45) is 0 Å². The summed E-state index contributed by atoms with van der Waals surface area (Å²) in [5.74, 6) is 0.948. The number of halogens is 1. The van der Waals surface area contributed by atoms with Gasteiger partial charge in [0.2, 0.25) is 5.89 Å². The van der Waals surface area contributed by atoms with E-state index in [1.165, 1.54) is 0 Å². The van der Waals surface area contributed by atoms with Crippen LogP contribution in [0.25, 0.3) is 0 Å². The van der Waals surface area contributed by atoms with E-state index in [0.717, 1.165) is 0 Å². The molecule has 0 aliphatic rings. The molecule has 0 aliphatic carbocycles. The lowest BCUT2D eigenvalue weighted by Crippen LogP contribution is -2.27. The molecule has 20 heavy (non-hydrogen) atoms. The number of nitrogens with one attached hydrogen (secondary N) is 2. The molecule has 0 saturated heterocycles. The van der Waals surface area contributed by atoms with Crippen molar-refractivity contribution in [3.05, 3.63) is 46.6 Å². The lowest BCUT2D eigenvalue weighted by molar-refractivity contribution is 0.0934. The Bertz CT molecular complexity index is 625. The summed E-state index contributed by atoms with van der Waals surface area (Å²) in [6.07, 6.45) is 1.62. The van der Waals surface area contributed by atoms with E-state index in [-0.39, 0.29) is 11.9 Å². The van der Waals surface area contributed by atoms with Crippen LogP contribution in [-0.2, 0) is 0 Å². The molecule has 0 bridgehead atoms. The molecule has 0 fully saturated rings. The fourth-order valence-corrected chi connectivity index (χ4v) is 2.00. The number of amides is 1. The van der Waals surface area contributed by atoms with Crippen molar-refractivity contribution >= 4 is 23.2 Å². The molecule has 1 aromatic carbocycles. The molecule has 0 aliphatic heterocycles. The van der Waals surface area contributed by atoms with Gasteiger partial charge in [-0.25, -0.2) is 4.98 Å². The zero-order valence-electron chi connectivity index (χ0n) is 11.5. The predicted molar refractivity (Wildman–Crippen MR) is 78.1 cm³/mol. The van der Waals surface area contributed by atoms with Crippen LogP contribution in [0.5, 0.6) is 0 Å². The fourth-order valence-electron chi connectivity index (χ4n) is 1.83. The number of hydrogen-bond donors (Lipinski definition) is 2. The van der Waals surface area contributed by atoms with Gasteiger partial charge in [-0.1, -0.05) is 11.6 Å². The predicted octanol–water partition coefficient (Wildman–Crippen LogP) is 3.17. The Morgan fingerprint density at radius 3 is 2.80 bits per heavy atom. The number of aryl methyl sites for hydroxylation is 1. The molecule has 2 rings (SSSR count). The lowest BCUT2D eigenvalue weighted by Gasteiger charge is -2.13. The van der Waals surface area contributed by atoms with Crippen LogP contribution in [0.2, 0.25) is 5.02 Å². The summed E-state index contributed by atoms with van der Waals surface area (Å²) in [5.41, 5.74) is 1.19. The van der Waals surface area contributed by atoms with E-state index in [4.69, 9.17) is 16.0 Å². The highest BCUT2D eigenvalue weighted by Gasteiger charge is 2.17. The monoisotopic (exact) mass is 293 g/mol. The summed E-state index contributed by atoms with van der Waals surface area (Å²) in [7, 11) is 1.75. The third kappa shape index (κ3) is 3.11. The maximum absolute atomic E-state index is 12.3. The Morgan fingerprint density at radius 2 is 2.20 bits per heavy atom. The molecule has 1 unspecified atom stereocenters. The van der Waals surface area contributed by atoms with E-state index >= 15 is 0 Å². The van der Waals surface area contributed by atoms with Crippen molar-refractivity contribution < 1.29 is 9.21 Å². The van der Waals surface area contributed by atoms with Gasteiger partial charge in [0.1, 0.15) is 11.8 Å². The van der Waals surface area contributed by atoms with Crippen LogP contribution in [0.15, 0.2) is 28.8 Å². The van der Waals surface area contributed by atoms with Gasteiger partial charge in [-0.15, -0.1) is 0 Å². The van der Waals surface area contributed by atoms with Crippen LogP contribution in [0.1, 0.15) is 35.0 Å². The van der Waals surface area contributed by atoms with Gasteiger partial charge in [-0.2, -0.15) is 0 Å². The molecule has 106 valence electrons. The fraction of sp³-hybridized carbons (Fsp3) is 0.286. The number of nitrogens with zero attached hydrogens (tertiary/aromatic N) is 1. The lowest BCUT2D eigenvalue weighted by atomic mass is 10.1. The second-order valence-electron chi connectivity index (χ2n) is 4.44. The molecular weight excluding hydrogens is 278 g/mol. The summed E-state index contributed by atoms with van der Waals surface area (Å²) in [5, 5.41) is 6.30. The van der Waals surface area contributed by atoms with Crippen molar-refractivity contribution in [1.29, 1.82) is 0 Å². The SMILES string of the molecule is CNc1ccc(Cl)cc1C(=O)NC(C)c1ncc(C)o1. The Kier molecular flexibility index (Phi) is 4.29. The van der Waals surface area contributed by atoms with Gasteiger partial charge in [0.05, 0.1) is 11.8 Å². The van der Waals surface area contributed by atoms with E-state index in [1.54, 1.807) is 38.4 Å². The minimum atomic E-state index is -0.320. The van der Waals surface area contributed by atoms with Crippen LogP contribution in [-0.4, -0.2) is 17.9 Å². The third-order valence-electron chi connectivity index (χ3n) is 2.85. The van der Waals surface area contributed by atoms with E-state index in [2.05, 4.69) is 15.6 Å². The molecule has 5 nitrogen and oxygen atoms in total. The van der Waals surface area contributed by atoms with E-state index < -0.39 is 0 Å². The normalized spacial score (nSPS) is 12.0. The average Bonchev–Trinajstić information content (AvgIpc) is 2.85. The van der Waals surface area contributed by atoms with Gasteiger partial charge in [0, 0.05) is 17.8 Å². The average molecular weight is 294 g/mol. The number of carbonyl (C=O) groups is 1. The topological polar surface area (TPSA) is 67.2 Å². The molecular formula is C14H16ClN3O2. The number of benzene rings is 1. The molecule has 1 heterocycles. The Hall–Kier alpha value is -2.01. The molecule has 0 saturated carbocycles. The van der Waals surface area contributed by atoms with Crippen molar-refractivity contribution in [2.45, 2.75) is 19.9 Å². The molecule has 6 heteroatoms. The minimum absolute atomic E-state index is 0.236. The third-order valence-corrected chi connectivity index (χ3v) is 3.09. The molecule has 1 amide bonds. The van der Waals surface area contributed by atoms with Crippen molar-refractivity contribution in [3.8, 4) is 0 Å². The van der Waals surface area contributed by atoms with Gasteiger partial charge in [-0.3, -0.25) is 4.79 Å². The van der Waals surface area contributed by atoms with Crippen LogP contribution in [0.3, 0.4) is 0 Å². The maximum atomic E-state index is 12.3. The molecule has 1 atom stereocenters. The van der Waals surface area contributed by atoms with E-state index in [1.807, 2.05) is 6.92 Å². The first kappa shape index (κ1) is 14.4. The van der Waals surface area contributed by atoms with Crippen molar-refractivity contribution in [1.82, 2.24) is 10.3 Å². The standard InChI is InChI=1S/C14H16ClN3O2/c1-8-7-17-14(20-8)9(2)18-13(19)11-6-10(15)4-5-12(11)16-3/h4-7,9,16H,1-3H3,(H,18,19). The van der Waals surface area contributed by atoms with Crippen LogP contribution in [0, 0.1) is 6.92 Å². The van der Waals surface area contributed by atoms with Gasteiger partial charge in [0.15, 0.2) is 0 Å². The second kappa shape index (κ2) is 5.96. The number of anilines is 1. The molecule has 0 spiro atoms. The van der Waals surface area contributed by atoms with Gasteiger partial charge < -0.3 is 15.1 Å². The minimum Gasteiger partial charge on any atom is -0.444 e. The summed E-state index contributed by atoms with van der Waals surface area (Å²) in [4.78, 5) is 16.4. The Morgan fingerprint density at radius 1 is 1.45 bits per heavy atom. The van der Waals surface area contributed by atoms with Gasteiger partial charge in [0.25, 0.3) is 5.91 Å². The summed E-state index contributed by atoms with van der Waals surface area (Å²) >= 11 is 5.94. The molecule has 1 aromatic heterocycles. The smallest absolute Gasteiger partial charge is 0.254 e. The highest BCUT2D eigenvalue weighted by molar-refractivity contribution is 6.31. The van der Waals surface area contributed by atoms with Crippen LogP contribution in [0.4, 0.5) is 5.69 Å². The highest BCUT2D eigenvalue weighted by atomic mass is 35.5. The largest absolute Gasteiger partial charge is 0.444 e. The summed E-state index contributed by atoms with van der Waals surface area (Å²) in [6.45, 7) is 3.62. The number of oxazole rings is 1. The number of hydrogen-bond acceptors (Lipinski definition) is 4. The van der Waals surface area contributed by atoms with E-state index in [9.17, 15) is 4.79 Å². The summed E-state index contributed by atoms with van der Waals surface area (Å²) in [6, 6.07) is 4.79. The Balaban J connectivity index is 2.18. The van der Waals surface area contributed by atoms with Gasteiger partial charge in [-0.05, 0) is 32.0 Å². The highest BCUT2D eigenvalue weighted by Crippen LogP contribution is 2.21. The first-order valence-corrected chi connectivity index (χ1v) is 6.59. The first-order valence-electron chi connectivity index (χ1n) is 6.21. The Labute approximate surface area is 122 Å². The molecule has 0 radical (unpaired) electrons. The maximum Gasteiger partial charge on any atom is 0.254 e. The number of carbonyl (C=O) groups excluding carboxylic acids is 1. The second-order valence-corrected chi connectivity index (χ2v) is 4.88. The zero-order valence-corrected chi connectivity index (χ0v) is 12.3. The van der Waals surface area contributed by atoms with Crippen molar-refractivity contribution in [3.63, 3.8) is 0 Å². The van der Waals surface area contributed by atoms with Gasteiger partial charge >= 0.3 is 0 Å². The first-order chi connectivity index (χ1) is 9.51. The van der Waals surface area contributed by atoms with Crippen LogP contribution >= 0.6 is 11.6 Å². The summed E-state index contributed by atoms with van der Waals surface area (Å²) < 4.78 is 5.39.